The van der Waals surface area contributed by atoms with Crippen molar-refractivity contribution >= 4 is 6.41 Å². The lowest BCUT2D eigenvalue weighted by Crippen LogP contribution is -2.37. The van der Waals surface area contributed by atoms with Gasteiger partial charge in [0.1, 0.15) is 0 Å². The van der Waals surface area contributed by atoms with Crippen molar-refractivity contribution in [2.24, 2.45) is 0 Å². The van der Waals surface area contributed by atoms with E-state index >= 15 is 0 Å². The van der Waals surface area contributed by atoms with Crippen molar-refractivity contribution in [3.63, 3.8) is 0 Å². The van der Waals surface area contributed by atoms with Crippen molar-refractivity contribution < 1.29 is 4.79 Å². The second-order valence-electron chi connectivity index (χ2n) is 1.74. The maximum Gasteiger partial charge on any atom is 0.210 e. The first-order chi connectivity index (χ1) is 3.72. The van der Waals surface area contributed by atoms with Gasteiger partial charge in [0.05, 0.1) is 6.17 Å². The van der Waals surface area contributed by atoms with Gasteiger partial charge in [-0.05, 0) is 14.0 Å². The third-order valence-electron chi connectivity index (χ3n) is 1.19. The maximum absolute atomic E-state index is 9.99. The minimum atomic E-state index is 0.132. The molecule has 0 heterocycles. The van der Waals surface area contributed by atoms with E-state index in [9.17, 15) is 4.79 Å². The van der Waals surface area contributed by atoms with E-state index in [4.69, 9.17) is 0 Å². The summed E-state index contributed by atoms with van der Waals surface area (Å²) in [4.78, 5) is 11.5. The van der Waals surface area contributed by atoms with Crippen molar-refractivity contribution in [3.8, 4) is 0 Å². The molecular formula is C5H12N2O. The Hall–Kier alpha value is -0.570. The first kappa shape index (κ1) is 7.43. The summed E-state index contributed by atoms with van der Waals surface area (Å²) in [6, 6.07) is 0. The summed E-state index contributed by atoms with van der Waals surface area (Å²) < 4.78 is 0. The smallest absolute Gasteiger partial charge is 0.210 e. The number of carbonyl (C=O) groups excluding carboxylic acids is 1. The molecule has 1 unspecified atom stereocenters. The monoisotopic (exact) mass is 116 g/mol. The molecule has 0 rings (SSSR count). The van der Waals surface area contributed by atoms with E-state index < -0.39 is 0 Å². The predicted molar refractivity (Wildman–Crippen MR) is 32.3 cm³/mol. The van der Waals surface area contributed by atoms with Crippen molar-refractivity contribution in [1.82, 2.24) is 10.2 Å². The van der Waals surface area contributed by atoms with Crippen LogP contribution in [0.2, 0.25) is 0 Å². The molecule has 48 valence electrons. The Kier molecular flexibility index (Phi) is 3.19. The first-order valence-electron chi connectivity index (χ1n) is 2.57. The molecule has 0 saturated carbocycles. The Morgan fingerprint density at radius 3 is 2.38 bits per heavy atom. The van der Waals surface area contributed by atoms with Gasteiger partial charge in [0.2, 0.25) is 6.41 Å². The fourth-order valence-corrected chi connectivity index (χ4v) is 0.295. The average Bonchev–Trinajstić information content (AvgIpc) is 1.84. The van der Waals surface area contributed by atoms with Crippen molar-refractivity contribution in [2.45, 2.75) is 13.1 Å². The van der Waals surface area contributed by atoms with Crippen LogP contribution < -0.4 is 5.32 Å². The number of carbonyl (C=O) groups is 1. The molecule has 1 amide bonds. The van der Waals surface area contributed by atoms with Gasteiger partial charge in [-0.3, -0.25) is 4.79 Å². The van der Waals surface area contributed by atoms with Crippen LogP contribution in [-0.4, -0.2) is 31.6 Å². The quantitative estimate of drug-likeness (QED) is 0.403. The van der Waals surface area contributed by atoms with Crippen LogP contribution in [0.1, 0.15) is 6.92 Å². The van der Waals surface area contributed by atoms with E-state index in [1.54, 1.807) is 11.9 Å². The summed E-state index contributed by atoms with van der Waals surface area (Å²) in [5.74, 6) is 0. The van der Waals surface area contributed by atoms with Crippen LogP contribution in [0.3, 0.4) is 0 Å². The zero-order valence-corrected chi connectivity index (χ0v) is 5.51. The van der Waals surface area contributed by atoms with E-state index in [2.05, 4.69) is 5.32 Å². The Morgan fingerprint density at radius 2 is 2.25 bits per heavy atom. The Labute approximate surface area is 49.7 Å². The second kappa shape index (κ2) is 3.43. The Bertz CT molecular complexity index is 74.8. The maximum atomic E-state index is 9.99. The van der Waals surface area contributed by atoms with Gasteiger partial charge in [0.15, 0.2) is 0 Å². The summed E-state index contributed by atoms with van der Waals surface area (Å²) in [6.45, 7) is 1.91. The molecule has 0 fully saturated rings. The third-order valence-corrected chi connectivity index (χ3v) is 1.19. The van der Waals surface area contributed by atoms with Crippen molar-refractivity contribution in [2.75, 3.05) is 14.1 Å². The second-order valence-corrected chi connectivity index (χ2v) is 1.74. The van der Waals surface area contributed by atoms with Crippen LogP contribution in [-0.2, 0) is 4.79 Å². The standard InChI is InChI=1S/C5H12N2O/c1-5(6-2)7(3)4-8/h4-6H,1-3H3. The van der Waals surface area contributed by atoms with E-state index in [0.29, 0.717) is 0 Å². The summed E-state index contributed by atoms with van der Waals surface area (Å²) in [5.41, 5.74) is 0. The number of nitrogens with one attached hydrogen (secondary N) is 1. The topological polar surface area (TPSA) is 32.3 Å². The molecule has 0 aliphatic heterocycles. The van der Waals surface area contributed by atoms with E-state index in [1.165, 1.54) is 0 Å². The van der Waals surface area contributed by atoms with Crippen molar-refractivity contribution in [3.05, 3.63) is 0 Å². The average molecular weight is 116 g/mol. The minimum absolute atomic E-state index is 0.132. The lowest BCUT2D eigenvalue weighted by atomic mass is 10.5. The number of hydrogen-bond donors (Lipinski definition) is 1. The lowest BCUT2D eigenvalue weighted by Gasteiger charge is -2.18. The van der Waals surface area contributed by atoms with Crippen LogP contribution in [0.15, 0.2) is 0 Å². The normalized spacial score (nSPS) is 12.9. The van der Waals surface area contributed by atoms with Crippen LogP contribution in [0, 0.1) is 0 Å². The fraction of sp³-hybridized carbons (Fsp3) is 0.800. The molecule has 3 nitrogen and oxygen atoms in total. The van der Waals surface area contributed by atoms with E-state index in [-0.39, 0.29) is 6.17 Å². The molecule has 0 saturated heterocycles. The molecule has 0 aromatic heterocycles. The molecule has 0 aliphatic rings. The fourth-order valence-electron chi connectivity index (χ4n) is 0.295. The van der Waals surface area contributed by atoms with Gasteiger partial charge in [-0.25, -0.2) is 0 Å². The molecule has 1 atom stereocenters. The zero-order valence-electron chi connectivity index (χ0n) is 5.51. The predicted octanol–water partition coefficient (Wildman–Crippen LogP) is -0.360. The van der Waals surface area contributed by atoms with Gasteiger partial charge < -0.3 is 10.2 Å². The van der Waals surface area contributed by atoms with E-state index in [1.807, 2.05) is 14.0 Å². The van der Waals surface area contributed by atoms with Crippen LogP contribution >= 0.6 is 0 Å². The van der Waals surface area contributed by atoms with Crippen LogP contribution in [0.25, 0.3) is 0 Å². The molecule has 1 N–H and O–H groups in total. The highest BCUT2D eigenvalue weighted by Gasteiger charge is 1.99. The van der Waals surface area contributed by atoms with Crippen molar-refractivity contribution in [1.29, 1.82) is 0 Å². The number of amides is 1. The SMILES string of the molecule is CNC(C)N(C)C=O. The number of rotatable bonds is 3. The summed E-state index contributed by atoms with van der Waals surface area (Å²) in [7, 11) is 3.54. The molecule has 3 heteroatoms. The van der Waals surface area contributed by atoms with Gasteiger partial charge in [0, 0.05) is 7.05 Å². The molecule has 0 spiro atoms. The zero-order chi connectivity index (χ0) is 6.57. The van der Waals surface area contributed by atoms with Gasteiger partial charge in [0.25, 0.3) is 0 Å². The largest absolute Gasteiger partial charge is 0.333 e. The molecular weight excluding hydrogens is 104 g/mol. The molecule has 0 aromatic rings. The summed E-state index contributed by atoms with van der Waals surface area (Å²) in [6.07, 6.45) is 0.925. The molecule has 0 radical (unpaired) electrons. The van der Waals surface area contributed by atoms with Crippen LogP contribution in [0.4, 0.5) is 0 Å². The summed E-state index contributed by atoms with van der Waals surface area (Å²) >= 11 is 0. The molecule has 0 aliphatic carbocycles. The van der Waals surface area contributed by atoms with Gasteiger partial charge in [-0.1, -0.05) is 0 Å². The highest BCUT2D eigenvalue weighted by molar-refractivity contribution is 5.46. The Morgan fingerprint density at radius 1 is 1.75 bits per heavy atom. The van der Waals surface area contributed by atoms with Gasteiger partial charge >= 0.3 is 0 Å². The Balaban J connectivity index is 3.44. The molecule has 8 heavy (non-hydrogen) atoms. The summed E-state index contributed by atoms with van der Waals surface area (Å²) in [5, 5.41) is 2.91. The van der Waals surface area contributed by atoms with Gasteiger partial charge in [-0.15, -0.1) is 0 Å². The van der Waals surface area contributed by atoms with Gasteiger partial charge in [-0.2, -0.15) is 0 Å². The highest BCUT2D eigenvalue weighted by atomic mass is 16.1. The minimum Gasteiger partial charge on any atom is -0.333 e. The van der Waals surface area contributed by atoms with E-state index in [0.717, 1.165) is 6.41 Å². The highest BCUT2D eigenvalue weighted by Crippen LogP contribution is 1.81. The molecule has 0 bridgehead atoms. The lowest BCUT2D eigenvalue weighted by molar-refractivity contribution is -0.118. The first-order valence-corrected chi connectivity index (χ1v) is 2.57. The number of nitrogens with zero attached hydrogens (tertiary/aromatic N) is 1. The third kappa shape index (κ3) is 1.93. The van der Waals surface area contributed by atoms with Crippen LogP contribution in [0.5, 0.6) is 0 Å². The molecule has 0 aromatic carbocycles. The number of hydrogen-bond acceptors (Lipinski definition) is 2.